The van der Waals surface area contributed by atoms with Crippen molar-refractivity contribution in [1.29, 1.82) is 0 Å². The highest BCUT2D eigenvalue weighted by atomic mass is 32.2. The van der Waals surface area contributed by atoms with Crippen LogP contribution in [0.1, 0.15) is 31.2 Å². The van der Waals surface area contributed by atoms with Gasteiger partial charge >= 0.3 is 0 Å². The molecule has 1 rings (SSSR count). The van der Waals surface area contributed by atoms with Gasteiger partial charge in [-0.2, -0.15) is 11.8 Å². The SMILES string of the molecule is CSCCCCCNC(=O)CCc1cccc(N)c1. The Morgan fingerprint density at radius 3 is 2.89 bits per heavy atom. The van der Waals surface area contributed by atoms with Crippen LogP contribution in [0.3, 0.4) is 0 Å². The van der Waals surface area contributed by atoms with Crippen molar-refractivity contribution in [2.24, 2.45) is 0 Å². The van der Waals surface area contributed by atoms with E-state index in [1.807, 2.05) is 36.0 Å². The van der Waals surface area contributed by atoms with E-state index < -0.39 is 0 Å². The zero-order valence-electron chi connectivity index (χ0n) is 11.7. The quantitative estimate of drug-likeness (QED) is 0.540. The van der Waals surface area contributed by atoms with Crippen LogP contribution in [0.2, 0.25) is 0 Å². The summed E-state index contributed by atoms with van der Waals surface area (Å²) in [5.41, 5.74) is 7.58. The van der Waals surface area contributed by atoms with Gasteiger partial charge in [0.05, 0.1) is 0 Å². The summed E-state index contributed by atoms with van der Waals surface area (Å²) < 4.78 is 0. The summed E-state index contributed by atoms with van der Waals surface area (Å²) in [5.74, 6) is 1.34. The molecule has 19 heavy (non-hydrogen) atoms. The molecule has 0 aliphatic carbocycles. The molecule has 0 radical (unpaired) electrons. The molecule has 0 bridgehead atoms. The van der Waals surface area contributed by atoms with Crippen molar-refractivity contribution >= 4 is 23.4 Å². The number of hydrogen-bond donors (Lipinski definition) is 2. The first kappa shape index (κ1) is 15.9. The lowest BCUT2D eigenvalue weighted by atomic mass is 10.1. The summed E-state index contributed by atoms with van der Waals surface area (Å²) in [5, 5.41) is 2.97. The van der Waals surface area contributed by atoms with Gasteiger partial charge in [-0.1, -0.05) is 18.6 Å². The predicted molar refractivity (Wildman–Crippen MR) is 84.4 cm³/mol. The minimum atomic E-state index is 0.132. The molecule has 0 spiro atoms. The molecule has 0 aromatic heterocycles. The minimum Gasteiger partial charge on any atom is -0.399 e. The molecule has 0 fully saturated rings. The molecule has 4 heteroatoms. The molecule has 0 aliphatic heterocycles. The summed E-state index contributed by atoms with van der Waals surface area (Å²) in [7, 11) is 0. The second-order valence-electron chi connectivity index (χ2n) is 4.65. The Morgan fingerprint density at radius 2 is 2.16 bits per heavy atom. The number of rotatable bonds is 9. The van der Waals surface area contributed by atoms with Crippen molar-refractivity contribution < 1.29 is 4.79 Å². The lowest BCUT2D eigenvalue weighted by Gasteiger charge is -2.05. The van der Waals surface area contributed by atoms with Crippen LogP contribution in [0.15, 0.2) is 24.3 Å². The fourth-order valence-corrected chi connectivity index (χ4v) is 2.36. The van der Waals surface area contributed by atoms with E-state index in [4.69, 9.17) is 5.73 Å². The molecular weight excluding hydrogens is 256 g/mol. The van der Waals surface area contributed by atoms with Crippen LogP contribution in [0.5, 0.6) is 0 Å². The average Bonchev–Trinajstić information content (AvgIpc) is 2.40. The zero-order valence-corrected chi connectivity index (χ0v) is 12.5. The number of benzene rings is 1. The lowest BCUT2D eigenvalue weighted by molar-refractivity contribution is -0.121. The average molecular weight is 280 g/mol. The molecular formula is C15H24N2OS. The van der Waals surface area contributed by atoms with Crippen molar-refractivity contribution in [1.82, 2.24) is 5.32 Å². The number of amides is 1. The first-order chi connectivity index (χ1) is 9.22. The predicted octanol–water partition coefficient (Wildman–Crippen LogP) is 2.85. The summed E-state index contributed by atoms with van der Waals surface area (Å²) in [4.78, 5) is 11.6. The Morgan fingerprint density at radius 1 is 1.32 bits per heavy atom. The molecule has 3 N–H and O–H groups in total. The number of thioether (sulfide) groups is 1. The zero-order chi connectivity index (χ0) is 13.9. The lowest BCUT2D eigenvalue weighted by Crippen LogP contribution is -2.24. The van der Waals surface area contributed by atoms with E-state index in [0.29, 0.717) is 6.42 Å². The van der Waals surface area contributed by atoms with Gasteiger partial charge in [0.25, 0.3) is 0 Å². The number of unbranched alkanes of at least 4 members (excludes halogenated alkanes) is 2. The van der Waals surface area contributed by atoms with Gasteiger partial charge in [-0.05, 0) is 49.0 Å². The molecule has 0 saturated carbocycles. The van der Waals surface area contributed by atoms with Gasteiger partial charge in [0.1, 0.15) is 0 Å². The van der Waals surface area contributed by atoms with Gasteiger partial charge in [0.2, 0.25) is 5.91 Å². The van der Waals surface area contributed by atoms with Gasteiger partial charge < -0.3 is 11.1 Å². The third-order valence-corrected chi connectivity index (χ3v) is 3.64. The number of aryl methyl sites for hydroxylation is 1. The van der Waals surface area contributed by atoms with Gasteiger partial charge in [-0.25, -0.2) is 0 Å². The first-order valence-corrected chi connectivity index (χ1v) is 8.22. The summed E-state index contributed by atoms with van der Waals surface area (Å²) in [6.45, 7) is 0.796. The Labute approximate surface area is 120 Å². The normalized spacial score (nSPS) is 10.4. The molecule has 0 aliphatic rings. The summed E-state index contributed by atoms with van der Waals surface area (Å²) in [6, 6.07) is 7.72. The van der Waals surface area contributed by atoms with E-state index in [0.717, 1.165) is 30.6 Å². The van der Waals surface area contributed by atoms with Crippen LogP contribution < -0.4 is 11.1 Å². The van der Waals surface area contributed by atoms with Crippen molar-refractivity contribution in [2.45, 2.75) is 32.1 Å². The Kier molecular flexibility index (Phi) is 8.14. The molecule has 0 heterocycles. The largest absolute Gasteiger partial charge is 0.399 e. The fraction of sp³-hybridized carbons (Fsp3) is 0.533. The van der Waals surface area contributed by atoms with Gasteiger partial charge in [-0.3, -0.25) is 4.79 Å². The van der Waals surface area contributed by atoms with Gasteiger partial charge in [0.15, 0.2) is 0 Å². The minimum absolute atomic E-state index is 0.132. The first-order valence-electron chi connectivity index (χ1n) is 6.82. The molecule has 1 amide bonds. The van der Waals surface area contributed by atoms with E-state index in [9.17, 15) is 4.79 Å². The number of nitrogens with one attached hydrogen (secondary N) is 1. The van der Waals surface area contributed by atoms with Crippen LogP contribution in [0, 0.1) is 0 Å². The number of nitrogens with two attached hydrogens (primary N) is 1. The molecule has 3 nitrogen and oxygen atoms in total. The van der Waals surface area contributed by atoms with Crippen LogP contribution in [-0.4, -0.2) is 24.5 Å². The second kappa shape index (κ2) is 9.73. The van der Waals surface area contributed by atoms with Gasteiger partial charge in [-0.15, -0.1) is 0 Å². The summed E-state index contributed by atoms with van der Waals surface area (Å²) in [6.07, 6.45) is 6.91. The molecule has 0 unspecified atom stereocenters. The van der Waals surface area contributed by atoms with Crippen molar-refractivity contribution in [3.05, 3.63) is 29.8 Å². The van der Waals surface area contributed by atoms with E-state index in [1.54, 1.807) is 0 Å². The molecule has 1 aromatic carbocycles. The standard InChI is InChI=1S/C15H24N2OS/c1-19-11-4-2-3-10-17-15(18)9-8-13-6-5-7-14(16)12-13/h5-7,12H,2-4,8-11,16H2,1H3,(H,17,18). The fourth-order valence-electron chi connectivity index (χ4n) is 1.87. The molecule has 106 valence electrons. The Bertz CT molecular complexity index is 382. The van der Waals surface area contributed by atoms with E-state index in [-0.39, 0.29) is 5.91 Å². The molecule has 0 saturated heterocycles. The van der Waals surface area contributed by atoms with Crippen molar-refractivity contribution in [2.75, 3.05) is 24.3 Å². The number of nitrogen functional groups attached to an aromatic ring is 1. The Hall–Kier alpha value is -1.16. The highest BCUT2D eigenvalue weighted by molar-refractivity contribution is 7.98. The van der Waals surface area contributed by atoms with E-state index >= 15 is 0 Å². The summed E-state index contributed by atoms with van der Waals surface area (Å²) >= 11 is 1.88. The topological polar surface area (TPSA) is 55.1 Å². The van der Waals surface area contributed by atoms with E-state index in [2.05, 4.69) is 11.6 Å². The number of carbonyl (C=O) groups is 1. The highest BCUT2D eigenvalue weighted by Crippen LogP contribution is 2.08. The molecule has 1 aromatic rings. The van der Waals surface area contributed by atoms with Crippen molar-refractivity contribution in [3.63, 3.8) is 0 Å². The maximum absolute atomic E-state index is 11.6. The third kappa shape index (κ3) is 7.78. The van der Waals surface area contributed by atoms with Crippen LogP contribution >= 0.6 is 11.8 Å². The van der Waals surface area contributed by atoms with Crippen LogP contribution in [0.25, 0.3) is 0 Å². The van der Waals surface area contributed by atoms with E-state index in [1.165, 1.54) is 18.6 Å². The number of anilines is 1. The highest BCUT2D eigenvalue weighted by Gasteiger charge is 2.02. The molecule has 0 atom stereocenters. The third-order valence-electron chi connectivity index (χ3n) is 2.94. The smallest absolute Gasteiger partial charge is 0.220 e. The maximum atomic E-state index is 11.6. The van der Waals surface area contributed by atoms with Crippen molar-refractivity contribution in [3.8, 4) is 0 Å². The maximum Gasteiger partial charge on any atom is 0.220 e. The monoisotopic (exact) mass is 280 g/mol. The number of carbonyl (C=O) groups excluding carboxylic acids is 1. The van der Waals surface area contributed by atoms with Gasteiger partial charge in [0, 0.05) is 18.7 Å². The Balaban J connectivity index is 2.08. The van der Waals surface area contributed by atoms with Crippen LogP contribution in [0.4, 0.5) is 5.69 Å². The number of hydrogen-bond acceptors (Lipinski definition) is 3. The second-order valence-corrected chi connectivity index (χ2v) is 5.63. The van der Waals surface area contributed by atoms with Crippen LogP contribution in [-0.2, 0) is 11.2 Å².